The van der Waals surface area contributed by atoms with E-state index in [0.29, 0.717) is 0 Å². The average Bonchev–Trinajstić information content (AvgIpc) is 2.48. The van der Waals surface area contributed by atoms with Crippen LogP contribution in [0.5, 0.6) is 0 Å². The Morgan fingerprint density at radius 2 is 1.85 bits per heavy atom. The van der Waals surface area contributed by atoms with E-state index < -0.39 is 0 Å². The van der Waals surface area contributed by atoms with Gasteiger partial charge in [0, 0.05) is 12.3 Å². The number of rotatable bonds is 6. The molecule has 0 N–H and O–H groups in total. The van der Waals surface area contributed by atoms with E-state index in [4.69, 9.17) is 0 Å². The van der Waals surface area contributed by atoms with E-state index in [1.807, 2.05) is 24.4 Å². The van der Waals surface area contributed by atoms with E-state index in [1.165, 1.54) is 12.8 Å². The van der Waals surface area contributed by atoms with Crippen LogP contribution in [-0.4, -0.2) is 4.57 Å². The summed E-state index contributed by atoms with van der Waals surface area (Å²) in [6.07, 6.45) is 6.53. The van der Waals surface area contributed by atoms with Gasteiger partial charge in [-0.25, -0.2) is 0 Å². The number of aryl methyl sites for hydroxylation is 1. The van der Waals surface area contributed by atoms with Crippen molar-refractivity contribution in [3.8, 4) is 0 Å². The number of pyridine rings is 1. The summed E-state index contributed by atoms with van der Waals surface area (Å²) in [5, 5.41) is 0. The van der Waals surface area contributed by atoms with Crippen LogP contribution in [0.25, 0.3) is 0 Å². The summed E-state index contributed by atoms with van der Waals surface area (Å²) in [5.74, 6) is 0. The highest BCUT2D eigenvalue weighted by atomic mass is 16.1. The number of unbranched alkanes of at least 4 members (excludes halogenated alkanes) is 2. The third kappa shape index (κ3) is 3.60. The Labute approximate surface area is 121 Å². The molecular formula is C18H23NO. The highest BCUT2D eigenvalue weighted by molar-refractivity contribution is 5.20. The van der Waals surface area contributed by atoms with Crippen LogP contribution >= 0.6 is 0 Å². The molecule has 0 radical (unpaired) electrons. The van der Waals surface area contributed by atoms with Gasteiger partial charge in [0.2, 0.25) is 0 Å². The first-order chi connectivity index (χ1) is 9.72. The van der Waals surface area contributed by atoms with Gasteiger partial charge in [-0.1, -0.05) is 50.1 Å². The van der Waals surface area contributed by atoms with Gasteiger partial charge in [0.05, 0.1) is 6.04 Å². The minimum atomic E-state index is 0.0772. The highest BCUT2D eigenvalue weighted by Crippen LogP contribution is 2.15. The van der Waals surface area contributed by atoms with Gasteiger partial charge in [-0.3, -0.25) is 4.79 Å². The summed E-state index contributed by atoms with van der Waals surface area (Å²) < 4.78 is 1.80. The first-order valence-corrected chi connectivity index (χ1v) is 7.48. The number of benzene rings is 1. The van der Waals surface area contributed by atoms with Crippen LogP contribution in [0.2, 0.25) is 0 Å². The Bertz CT molecular complexity index is 586. The average molecular weight is 269 g/mol. The number of aromatic nitrogens is 1. The van der Waals surface area contributed by atoms with E-state index in [1.54, 1.807) is 10.6 Å². The molecule has 2 nitrogen and oxygen atoms in total. The fourth-order valence-electron chi connectivity index (χ4n) is 2.48. The van der Waals surface area contributed by atoms with Crippen LogP contribution in [0.1, 0.15) is 50.3 Å². The summed E-state index contributed by atoms with van der Waals surface area (Å²) in [6.45, 7) is 4.26. The number of nitrogens with zero attached hydrogens (tertiary/aromatic N) is 1. The van der Waals surface area contributed by atoms with Crippen molar-refractivity contribution in [3.63, 3.8) is 0 Å². The van der Waals surface area contributed by atoms with E-state index in [2.05, 4.69) is 32.0 Å². The first-order valence-electron chi connectivity index (χ1n) is 7.48. The molecule has 20 heavy (non-hydrogen) atoms. The number of hydrogen-bond donors (Lipinski definition) is 0. The Balaban J connectivity index is 2.15. The molecule has 1 heterocycles. The SMILES string of the molecule is CCCCCc1ccn(C(C)c2ccccc2)c(=O)c1. The standard InChI is InChI=1S/C18H23NO/c1-3-4-6-9-16-12-13-19(18(20)14-16)15(2)17-10-7-5-8-11-17/h5,7-8,10-15H,3-4,6,9H2,1-2H3. The molecular weight excluding hydrogens is 246 g/mol. The summed E-state index contributed by atoms with van der Waals surface area (Å²) in [6, 6.07) is 14.1. The van der Waals surface area contributed by atoms with Gasteiger partial charge < -0.3 is 4.57 Å². The minimum absolute atomic E-state index is 0.0772. The Morgan fingerprint density at radius 1 is 1.10 bits per heavy atom. The van der Waals surface area contributed by atoms with Crippen molar-refractivity contribution in [2.75, 3.05) is 0 Å². The molecule has 0 fully saturated rings. The van der Waals surface area contributed by atoms with Crippen molar-refractivity contribution in [3.05, 3.63) is 70.1 Å². The van der Waals surface area contributed by atoms with Gasteiger partial charge in [0.15, 0.2) is 0 Å². The lowest BCUT2D eigenvalue weighted by molar-refractivity contribution is 0.611. The molecule has 0 aliphatic carbocycles. The molecule has 0 saturated heterocycles. The molecule has 0 aliphatic heterocycles. The molecule has 0 bridgehead atoms. The molecule has 2 rings (SSSR count). The molecule has 0 saturated carbocycles. The second-order valence-electron chi connectivity index (χ2n) is 5.32. The fourth-order valence-corrected chi connectivity index (χ4v) is 2.48. The van der Waals surface area contributed by atoms with E-state index in [9.17, 15) is 4.79 Å². The predicted molar refractivity (Wildman–Crippen MR) is 84.2 cm³/mol. The lowest BCUT2D eigenvalue weighted by atomic mass is 10.1. The molecule has 0 spiro atoms. The fraction of sp³-hybridized carbons (Fsp3) is 0.389. The largest absolute Gasteiger partial charge is 0.308 e. The second-order valence-corrected chi connectivity index (χ2v) is 5.32. The predicted octanol–water partition coefficient (Wildman–Crippen LogP) is 4.19. The normalized spacial score (nSPS) is 12.3. The lowest BCUT2D eigenvalue weighted by Crippen LogP contribution is -2.23. The van der Waals surface area contributed by atoms with Gasteiger partial charge in [-0.15, -0.1) is 0 Å². The van der Waals surface area contributed by atoms with Crippen molar-refractivity contribution in [1.29, 1.82) is 0 Å². The maximum absolute atomic E-state index is 12.3. The molecule has 0 aliphatic rings. The van der Waals surface area contributed by atoms with Crippen LogP contribution < -0.4 is 5.56 Å². The molecule has 0 amide bonds. The summed E-state index contributed by atoms with van der Waals surface area (Å²) in [7, 11) is 0. The summed E-state index contributed by atoms with van der Waals surface area (Å²) in [4.78, 5) is 12.3. The van der Waals surface area contributed by atoms with Crippen molar-refractivity contribution in [1.82, 2.24) is 4.57 Å². The summed E-state index contributed by atoms with van der Waals surface area (Å²) in [5.41, 5.74) is 2.41. The molecule has 1 aromatic heterocycles. The van der Waals surface area contributed by atoms with Crippen molar-refractivity contribution < 1.29 is 0 Å². The Morgan fingerprint density at radius 3 is 2.50 bits per heavy atom. The van der Waals surface area contributed by atoms with Crippen LogP contribution in [0.4, 0.5) is 0 Å². The third-order valence-corrected chi connectivity index (χ3v) is 3.78. The second kappa shape index (κ2) is 7.09. The molecule has 106 valence electrons. The monoisotopic (exact) mass is 269 g/mol. The zero-order valence-corrected chi connectivity index (χ0v) is 12.4. The van der Waals surface area contributed by atoms with Crippen LogP contribution in [0, 0.1) is 0 Å². The maximum atomic E-state index is 12.3. The lowest BCUT2D eigenvalue weighted by Gasteiger charge is -2.16. The van der Waals surface area contributed by atoms with Crippen molar-refractivity contribution in [2.24, 2.45) is 0 Å². The first kappa shape index (κ1) is 14.6. The van der Waals surface area contributed by atoms with Gasteiger partial charge in [0.25, 0.3) is 5.56 Å². The van der Waals surface area contributed by atoms with Crippen molar-refractivity contribution >= 4 is 0 Å². The maximum Gasteiger partial charge on any atom is 0.251 e. The van der Waals surface area contributed by atoms with Gasteiger partial charge in [-0.05, 0) is 37.0 Å². The van der Waals surface area contributed by atoms with Crippen molar-refractivity contribution in [2.45, 2.75) is 45.6 Å². The van der Waals surface area contributed by atoms with E-state index >= 15 is 0 Å². The molecule has 1 aromatic carbocycles. The molecule has 1 unspecified atom stereocenters. The van der Waals surface area contributed by atoms with Crippen LogP contribution in [0.3, 0.4) is 0 Å². The van der Waals surface area contributed by atoms with Gasteiger partial charge in [0.1, 0.15) is 0 Å². The summed E-state index contributed by atoms with van der Waals surface area (Å²) >= 11 is 0. The van der Waals surface area contributed by atoms with E-state index in [-0.39, 0.29) is 11.6 Å². The molecule has 1 atom stereocenters. The number of hydrogen-bond acceptors (Lipinski definition) is 1. The quantitative estimate of drug-likeness (QED) is 0.721. The Kier molecular flexibility index (Phi) is 5.16. The zero-order valence-electron chi connectivity index (χ0n) is 12.4. The minimum Gasteiger partial charge on any atom is -0.308 e. The van der Waals surface area contributed by atoms with Gasteiger partial charge in [-0.2, -0.15) is 0 Å². The molecule has 2 heteroatoms. The Hall–Kier alpha value is -1.83. The van der Waals surface area contributed by atoms with Gasteiger partial charge >= 0.3 is 0 Å². The smallest absolute Gasteiger partial charge is 0.251 e. The highest BCUT2D eigenvalue weighted by Gasteiger charge is 2.08. The zero-order chi connectivity index (χ0) is 14.4. The van der Waals surface area contributed by atoms with Crippen LogP contribution in [0.15, 0.2) is 53.5 Å². The van der Waals surface area contributed by atoms with Crippen LogP contribution in [-0.2, 0) is 6.42 Å². The van der Waals surface area contributed by atoms with E-state index in [0.717, 1.165) is 24.0 Å². The topological polar surface area (TPSA) is 22.0 Å². The third-order valence-electron chi connectivity index (χ3n) is 3.78. The molecule has 2 aromatic rings.